The van der Waals surface area contributed by atoms with Crippen molar-refractivity contribution in [3.63, 3.8) is 0 Å². The van der Waals surface area contributed by atoms with Crippen LogP contribution in [0.2, 0.25) is 0 Å². The van der Waals surface area contributed by atoms with E-state index in [1.165, 1.54) is 0 Å². The minimum atomic E-state index is -0.331. The summed E-state index contributed by atoms with van der Waals surface area (Å²) in [5.41, 5.74) is 0.415. The van der Waals surface area contributed by atoms with Gasteiger partial charge in [0.25, 0.3) is 0 Å². The average Bonchev–Trinajstić information content (AvgIpc) is 2.01. The third kappa shape index (κ3) is 3.17. The topological polar surface area (TPSA) is 26.3 Å². The molecule has 0 radical (unpaired) electrons. The van der Waals surface area contributed by atoms with Crippen molar-refractivity contribution in [1.29, 1.82) is 0 Å². The normalized spacial score (nSPS) is 14.0. The molecular formula is C12H22O2. The van der Waals surface area contributed by atoms with E-state index in [0.29, 0.717) is 0 Å². The lowest BCUT2D eigenvalue weighted by atomic mass is 9.85. The van der Waals surface area contributed by atoms with E-state index >= 15 is 0 Å². The second-order valence-corrected chi connectivity index (χ2v) is 4.93. The summed E-state index contributed by atoms with van der Waals surface area (Å²) in [4.78, 5) is 11.9. The van der Waals surface area contributed by atoms with E-state index in [2.05, 4.69) is 0 Å². The standard InChI is InChI=1S/C12H22O2/c1-8(2)10(14-7)9(3)11(13)12(4,5)6/h8H,1-7H3/b10-9-. The fourth-order valence-corrected chi connectivity index (χ4v) is 1.50. The molecule has 0 saturated carbocycles. The molecule has 14 heavy (non-hydrogen) atoms. The summed E-state index contributed by atoms with van der Waals surface area (Å²) >= 11 is 0. The number of methoxy groups -OCH3 is 1. The molecule has 0 aromatic carbocycles. The second-order valence-electron chi connectivity index (χ2n) is 4.93. The predicted molar refractivity (Wildman–Crippen MR) is 59.0 cm³/mol. The zero-order valence-electron chi connectivity index (χ0n) is 10.4. The molecule has 0 atom stereocenters. The zero-order chi connectivity index (χ0) is 11.5. The van der Waals surface area contributed by atoms with Gasteiger partial charge >= 0.3 is 0 Å². The number of ether oxygens (including phenoxy) is 1. The van der Waals surface area contributed by atoms with Crippen molar-refractivity contribution < 1.29 is 9.53 Å². The van der Waals surface area contributed by atoms with Crippen molar-refractivity contribution in [1.82, 2.24) is 0 Å². The molecule has 0 aromatic heterocycles. The molecule has 0 amide bonds. The summed E-state index contributed by atoms with van der Waals surface area (Å²) in [5, 5.41) is 0. The number of rotatable bonds is 3. The Hall–Kier alpha value is -0.790. The first kappa shape index (κ1) is 13.2. The first-order valence-corrected chi connectivity index (χ1v) is 5.01. The number of hydrogen-bond acceptors (Lipinski definition) is 2. The van der Waals surface area contributed by atoms with Gasteiger partial charge in [0.15, 0.2) is 5.78 Å². The molecule has 0 spiro atoms. The Labute approximate surface area is 87.3 Å². The van der Waals surface area contributed by atoms with E-state index in [1.807, 2.05) is 41.5 Å². The van der Waals surface area contributed by atoms with Gasteiger partial charge in [0.1, 0.15) is 5.76 Å². The number of ketones is 1. The van der Waals surface area contributed by atoms with Gasteiger partial charge in [0.05, 0.1) is 7.11 Å². The number of carbonyl (C=O) groups excluding carboxylic acids is 1. The minimum Gasteiger partial charge on any atom is -0.500 e. The van der Waals surface area contributed by atoms with Crippen molar-refractivity contribution in [3.05, 3.63) is 11.3 Å². The Balaban J connectivity index is 5.07. The predicted octanol–water partition coefficient (Wildman–Crippen LogP) is 3.18. The van der Waals surface area contributed by atoms with Crippen molar-refractivity contribution >= 4 is 5.78 Å². The molecule has 0 N–H and O–H groups in total. The number of carbonyl (C=O) groups is 1. The third-order valence-corrected chi connectivity index (χ3v) is 2.14. The molecule has 0 aliphatic carbocycles. The maximum Gasteiger partial charge on any atom is 0.167 e. The van der Waals surface area contributed by atoms with Crippen LogP contribution in [-0.4, -0.2) is 12.9 Å². The summed E-state index contributed by atoms with van der Waals surface area (Å²) in [6.07, 6.45) is 0. The molecule has 0 bridgehead atoms. The second kappa shape index (κ2) is 4.63. The number of hydrogen-bond donors (Lipinski definition) is 0. The Morgan fingerprint density at radius 1 is 1.21 bits per heavy atom. The summed E-state index contributed by atoms with van der Waals surface area (Å²) in [7, 11) is 1.62. The van der Waals surface area contributed by atoms with Crippen LogP contribution in [0.25, 0.3) is 0 Å². The highest BCUT2D eigenvalue weighted by Gasteiger charge is 2.25. The van der Waals surface area contributed by atoms with Gasteiger partial charge in [0.2, 0.25) is 0 Å². The van der Waals surface area contributed by atoms with E-state index in [1.54, 1.807) is 7.11 Å². The fourth-order valence-electron chi connectivity index (χ4n) is 1.50. The lowest BCUT2D eigenvalue weighted by Crippen LogP contribution is -2.23. The van der Waals surface area contributed by atoms with E-state index in [9.17, 15) is 4.79 Å². The van der Waals surface area contributed by atoms with Crippen molar-refractivity contribution in [2.24, 2.45) is 11.3 Å². The van der Waals surface area contributed by atoms with E-state index < -0.39 is 0 Å². The first-order chi connectivity index (χ1) is 6.21. The van der Waals surface area contributed by atoms with Gasteiger partial charge in [-0.2, -0.15) is 0 Å². The molecule has 82 valence electrons. The van der Waals surface area contributed by atoms with Crippen LogP contribution in [0.4, 0.5) is 0 Å². The number of allylic oxidation sites excluding steroid dienone is 2. The molecule has 0 fully saturated rings. The Morgan fingerprint density at radius 3 is 1.86 bits per heavy atom. The third-order valence-electron chi connectivity index (χ3n) is 2.14. The molecule has 0 rings (SSSR count). The van der Waals surface area contributed by atoms with Crippen LogP contribution in [0.5, 0.6) is 0 Å². The van der Waals surface area contributed by atoms with Crippen LogP contribution in [-0.2, 0) is 9.53 Å². The van der Waals surface area contributed by atoms with E-state index in [0.717, 1.165) is 11.3 Å². The van der Waals surface area contributed by atoms with Crippen LogP contribution in [0.1, 0.15) is 41.5 Å². The zero-order valence-corrected chi connectivity index (χ0v) is 10.4. The number of Topliss-reactive ketones (excluding diaryl/α,β-unsaturated/α-hetero) is 1. The van der Waals surface area contributed by atoms with E-state index in [-0.39, 0.29) is 17.1 Å². The summed E-state index contributed by atoms with van der Waals surface area (Å²) in [5.74, 6) is 1.21. The molecular weight excluding hydrogens is 176 g/mol. The highest BCUT2D eigenvalue weighted by molar-refractivity contribution is 5.99. The molecule has 0 aliphatic rings. The molecule has 0 heterocycles. The van der Waals surface area contributed by atoms with E-state index in [4.69, 9.17) is 4.74 Å². The molecule has 0 aromatic rings. The minimum absolute atomic E-state index is 0.156. The van der Waals surface area contributed by atoms with Crippen LogP contribution >= 0.6 is 0 Å². The highest BCUT2D eigenvalue weighted by atomic mass is 16.5. The Kier molecular flexibility index (Phi) is 4.37. The van der Waals surface area contributed by atoms with Crippen LogP contribution < -0.4 is 0 Å². The van der Waals surface area contributed by atoms with Gasteiger partial charge in [-0.3, -0.25) is 4.79 Å². The lowest BCUT2D eigenvalue weighted by molar-refractivity contribution is -0.122. The van der Waals surface area contributed by atoms with Crippen LogP contribution in [0.3, 0.4) is 0 Å². The quantitative estimate of drug-likeness (QED) is 0.514. The van der Waals surface area contributed by atoms with Gasteiger partial charge in [-0.05, 0) is 6.92 Å². The largest absolute Gasteiger partial charge is 0.500 e. The SMILES string of the molecule is CO/C(=C(/C)C(=O)C(C)(C)C)C(C)C. The molecule has 2 nitrogen and oxygen atoms in total. The molecule has 0 unspecified atom stereocenters. The fraction of sp³-hybridized carbons (Fsp3) is 0.750. The molecule has 0 aliphatic heterocycles. The average molecular weight is 198 g/mol. The smallest absolute Gasteiger partial charge is 0.167 e. The monoisotopic (exact) mass is 198 g/mol. The summed E-state index contributed by atoms with van der Waals surface area (Å²) in [6, 6.07) is 0. The highest BCUT2D eigenvalue weighted by Crippen LogP contribution is 2.24. The maximum atomic E-state index is 11.9. The van der Waals surface area contributed by atoms with Gasteiger partial charge < -0.3 is 4.74 Å². The van der Waals surface area contributed by atoms with Crippen molar-refractivity contribution in [3.8, 4) is 0 Å². The van der Waals surface area contributed by atoms with Crippen molar-refractivity contribution in [2.75, 3.05) is 7.11 Å². The van der Waals surface area contributed by atoms with Crippen molar-refractivity contribution in [2.45, 2.75) is 41.5 Å². The summed E-state index contributed by atoms with van der Waals surface area (Å²) < 4.78 is 5.25. The Morgan fingerprint density at radius 2 is 1.64 bits per heavy atom. The van der Waals surface area contributed by atoms with Gasteiger partial charge in [-0.1, -0.05) is 34.6 Å². The Bertz CT molecular complexity index is 242. The maximum absolute atomic E-state index is 11.9. The molecule has 0 saturated heterocycles. The van der Waals surface area contributed by atoms with Gasteiger partial charge in [0, 0.05) is 16.9 Å². The summed E-state index contributed by atoms with van der Waals surface area (Å²) in [6.45, 7) is 11.7. The van der Waals surface area contributed by atoms with Gasteiger partial charge in [-0.15, -0.1) is 0 Å². The first-order valence-electron chi connectivity index (χ1n) is 5.01. The van der Waals surface area contributed by atoms with Crippen LogP contribution in [0, 0.1) is 11.3 Å². The molecule has 2 heteroatoms. The lowest BCUT2D eigenvalue weighted by Gasteiger charge is -2.20. The van der Waals surface area contributed by atoms with Crippen LogP contribution in [0.15, 0.2) is 11.3 Å². The van der Waals surface area contributed by atoms with Gasteiger partial charge in [-0.25, -0.2) is 0 Å².